The van der Waals surface area contributed by atoms with Crippen molar-refractivity contribution in [2.45, 2.75) is 25.3 Å². The summed E-state index contributed by atoms with van der Waals surface area (Å²) in [6.07, 6.45) is 5.05. The van der Waals surface area contributed by atoms with Crippen LogP contribution in [0.25, 0.3) is 0 Å². The summed E-state index contributed by atoms with van der Waals surface area (Å²) in [7, 11) is 0. The number of carboxylic acid groups (broad SMARTS) is 1. The molecule has 0 saturated carbocycles. The maximum absolute atomic E-state index is 12.0. The van der Waals surface area contributed by atoms with Crippen molar-refractivity contribution in [3.8, 4) is 0 Å². The molecule has 86 valence electrons. The molecule has 1 fully saturated rings. The predicted molar refractivity (Wildman–Crippen MR) is 54.9 cm³/mol. The summed E-state index contributed by atoms with van der Waals surface area (Å²) in [4.78, 5) is 30.8. The lowest BCUT2D eigenvalue weighted by Crippen LogP contribution is -2.48. The second kappa shape index (κ2) is 4.34. The van der Waals surface area contributed by atoms with E-state index in [4.69, 9.17) is 5.11 Å². The van der Waals surface area contributed by atoms with E-state index in [2.05, 4.69) is 9.97 Å². The Kier molecular flexibility index (Phi) is 2.89. The molecular formula is C10H13N3O3. The van der Waals surface area contributed by atoms with Crippen LogP contribution < -0.4 is 0 Å². The van der Waals surface area contributed by atoms with Crippen molar-refractivity contribution in [1.29, 1.82) is 0 Å². The molecule has 1 saturated heterocycles. The number of piperidine rings is 1. The molecule has 0 aromatic carbocycles. The average molecular weight is 223 g/mol. The quantitative estimate of drug-likeness (QED) is 0.763. The van der Waals surface area contributed by atoms with Crippen LogP contribution in [0.15, 0.2) is 12.5 Å². The van der Waals surface area contributed by atoms with Crippen molar-refractivity contribution in [3.05, 3.63) is 18.2 Å². The molecule has 1 aromatic heterocycles. The lowest BCUT2D eigenvalue weighted by Gasteiger charge is -2.32. The number of carbonyl (C=O) groups is 2. The monoisotopic (exact) mass is 223 g/mol. The molecule has 2 N–H and O–H groups in total. The average Bonchev–Trinajstić information content (AvgIpc) is 2.81. The van der Waals surface area contributed by atoms with Gasteiger partial charge in [0.25, 0.3) is 5.91 Å². The molecule has 0 aliphatic carbocycles. The fourth-order valence-corrected chi connectivity index (χ4v) is 1.96. The minimum Gasteiger partial charge on any atom is -0.480 e. The van der Waals surface area contributed by atoms with E-state index in [1.54, 1.807) is 0 Å². The number of aliphatic carboxylic acids is 1. The van der Waals surface area contributed by atoms with Gasteiger partial charge in [0.1, 0.15) is 11.7 Å². The summed E-state index contributed by atoms with van der Waals surface area (Å²) in [6.45, 7) is 0.495. The molecule has 2 rings (SSSR count). The van der Waals surface area contributed by atoms with Crippen LogP contribution in [-0.2, 0) is 4.79 Å². The number of H-pyrrole nitrogens is 1. The zero-order valence-electron chi connectivity index (χ0n) is 8.72. The highest BCUT2D eigenvalue weighted by Crippen LogP contribution is 2.19. The maximum atomic E-state index is 12.0. The van der Waals surface area contributed by atoms with E-state index in [1.807, 2.05) is 0 Å². The molecule has 0 spiro atoms. The maximum Gasteiger partial charge on any atom is 0.326 e. The minimum absolute atomic E-state index is 0.287. The zero-order valence-corrected chi connectivity index (χ0v) is 8.72. The van der Waals surface area contributed by atoms with E-state index in [1.165, 1.54) is 17.4 Å². The third-order valence-corrected chi connectivity index (χ3v) is 2.78. The highest BCUT2D eigenvalue weighted by atomic mass is 16.4. The summed E-state index contributed by atoms with van der Waals surface area (Å²) in [5.74, 6) is -1.22. The molecule has 0 radical (unpaired) electrons. The number of aromatic nitrogens is 2. The van der Waals surface area contributed by atoms with Crippen LogP contribution in [0, 0.1) is 0 Å². The minimum atomic E-state index is -0.937. The first-order chi connectivity index (χ1) is 7.70. The fraction of sp³-hybridized carbons (Fsp3) is 0.500. The van der Waals surface area contributed by atoms with Crippen LogP contribution in [-0.4, -0.2) is 44.4 Å². The Morgan fingerprint density at radius 2 is 2.31 bits per heavy atom. The molecule has 6 nitrogen and oxygen atoms in total. The molecular weight excluding hydrogens is 210 g/mol. The molecule has 0 unspecified atom stereocenters. The normalized spacial score (nSPS) is 20.8. The summed E-state index contributed by atoms with van der Waals surface area (Å²) in [5.41, 5.74) is 0.341. The predicted octanol–water partition coefficient (Wildman–Crippen LogP) is 0.489. The van der Waals surface area contributed by atoms with Gasteiger partial charge in [-0.2, -0.15) is 0 Å². The van der Waals surface area contributed by atoms with Crippen LogP contribution in [0.2, 0.25) is 0 Å². The molecule has 16 heavy (non-hydrogen) atoms. The van der Waals surface area contributed by atoms with Crippen molar-refractivity contribution in [3.63, 3.8) is 0 Å². The van der Waals surface area contributed by atoms with Gasteiger partial charge in [-0.25, -0.2) is 9.78 Å². The van der Waals surface area contributed by atoms with Gasteiger partial charge in [-0.3, -0.25) is 4.79 Å². The van der Waals surface area contributed by atoms with Gasteiger partial charge in [0.2, 0.25) is 0 Å². The molecule has 1 aromatic rings. The number of carboxylic acids is 1. The van der Waals surface area contributed by atoms with Crippen molar-refractivity contribution >= 4 is 11.9 Å². The number of nitrogens with one attached hydrogen (secondary N) is 1. The van der Waals surface area contributed by atoms with Crippen molar-refractivity contribution in [2.24, 2.45) is 0 Å². The van der Waals surface area contributed by atoms with Crippen LogP contribution in [0.5, 0.6) is 0 Å². The molecule has 1 atom stereocenters. The van der Waals surface area contributed by atoms with Gasteiger partial charge in [-0.1, -0.05) is 0 Å². The smallest absolute Gasteiger partial charge is 0.326 e. The Hall–Kier alpha value is -1.85. The van der Waals surface area contributed by atoms with Crippen molar-refractivity contribution < 1.29 is 14.7 Å². The number of hydrogen-bond donors (Lipinski definition) is 2. The van der Waals surface area contributed by atoms with Gasteiger partial charge in [0, 0.05) is 6.54 Å². The number of rotatable bonds is 2. The molecule has 2 heterocycles. The lowest BCUT2D eigenvalue weighted by molar-refractivity contribution is -0.143. The highest BCUT2D eigenvalue weighted by molar-refractivity contribution is 5.94. The van der Waals surface area contributed by atoms with E-state index < -0.39 is 12.0 Å². The van der Waals surface area contributed by atoms with Crippen LogP contribution in [0.3, 0.4) is 0 Å². The number of aromatic amines is 1. The Labute approximate surface area is 92.3 Å². The van der Waals surface area contributed by atoms with Gasteiger partial charge in [0.05, 0.1) is 12.5 Å². The largest absolute Gasteiger partial charge is 0.480 e. The topological polar surface area (TPSA) is 86.3 Å². The van der Waals surface area contributed by atoms with Crippen molar-refractivity contribution in [1.82, 2.24) is 14.9 Å². The van der Waals surface area contributed by atoms with Crippen molar-refractivity contribution in [2.75, 3.05) is 6.54 Å². The van der Waals surface area contributed by atoms with E-state index in [9.17, 15) is 9.59 Å². The Morgan fingerprint density at radius 3 is 2.94 bits per heavy atom. The first-order valence-corrected chi connectivity index (χ1v) is 5.22. The number of hydrogen-bond acceptors (Lipinski definition) is 3. The highest BCUT2D eigenvalue weighted by Gasteiger charge is 2.32. The lowest BCUT2D eigenvalue weighted by atomic mass is 10.0. The molecule has 1 aliphatic heterocycles. The van der Waals surface area contributed by atoms with E-state index in [-0.39, 0.29) is 5.91 Å². The molecule has 0 bridgehead atoms. The number of nitrogens with zero attached hydrogens (tertiary/aromatic N) is 2. The second-order valence-electron chi connectivity index (χ2n) is 3.81. The summed E-state index contributed by atoms with van der Waals surface area (Å²) in [5, 5.41) is 9.04. The number of imidazole rings is 1. The van der Waals surface area contributed by atoms with Gasteiger partial charge >= 0.3 is 5.97 Å². The zero-order chi connectivity index (χ0) is 11.5. The SMILES string of the molecule is O=C(O)[C@@H]1CCCCN1C(=O)c1cnc[nH]1. The molecule has 6 heteroatoms. The Morgan fingerprint density at radius 1 is 1.50 bits per heavy atom. The summed E-state index contributed by atoms with van der Waals surface area (Å²) < 4.78 is 0. The fourth-order valence-electron chi connectivity index (χ4n) is 1.96. The van der Waals surface area contributed by atoms with Crippen LogP contribution >= 0.6 is 0 Å². The third-order valence-electron chi connectivity index (χ3n) is 2.78. The summed E-state index contributed by atoms with van der Waals surface area (Å²) in [6, 6.07) is -0.704. The number of amides is 1. The second-order valence-corrected chi connectivity index (χ2v) is 3.81. The van der Waals surface area contributed by atoms with Gasteiger partial charge in [-0.05, 0) is 19.3 Å². The van der Waals surface area contributed by atoms with Crippen LogP contribution in [0.4, 0.5) is 0 Å². The Balaban J connectivity index is 2.17. The van der Waals surface area contributed by atoms with E-state index >= 15 is 0 Å². The van der Waals surface area contributed by atoms with Crippen LogP contribution in [0.1, 0.15) is 29.8 Å². The van der Waals surface area contributed by atoms with E-state index in [0.717, 1.165) is 12.8 Å². The Bertz CT molecular complexity index is 388. The van der Waals surface area contributed by atoms with Gasteiger partial charge < -0.3 is 15.0 Å². The summed E-state index contributed by atoms with van der Waals surface area (Å²) >= 11 is 0. The first kappa shape index (κ1) is 10.7. The number of carbonyl (C=O) groups excluding carboxylic acids is 1. The first-order valence-electron chi connectivity index (χ1n) is 5.22. The van der Waals surface area contributed by atoms with E-state index in [0.29, 0.717) is 18.7 Å². The van der Waals surface area contributed by atoms with Gasteiger partial charge in [0.15, 0.2) is 0 Å². The number of likely N-dealkylation sites (tertiary alicyclic amines) is 1. The molecule has 1 amide bonds. The molecule has 1 aliphatic rings. The van der Waals surface area contributed by atoms with Gasteiger partial charge in [-0.15, -0.1) is 0 Å². The third kappa shape index (κ3) is 1.91. The standard InChI is InChI=1S/C10H13N3O3/c14-9(7-5-11-6-12-7)13-4-2-1-3-8(13)10(15)16/h5-6,8H,1-4H2,(H,11,12)(H,15,16)/t8-/m0/s1.